The Bertz CT molecular complexity index is 396. The second-order valence-corrected chi connectivity index (χ2v) is 4.50. The third-order valence-electron chi connectivity index (χ3n) is 2.57. The lowest BCUT2D eigenvalue weighted by atomic mass is 10.1. The quantitative estimate of drug-likeness (QED) is 0.560. The smallest absolute Gasteiger partial charge is 0.221 e. The Morgan fingerprint density at radius 3 is 2.11 bits per heavy atom. The lowest BCUT2D eigenvalue weighted by Crippen LogP contribution is -2.34. The van der Waals surface area contributed by atoms with E-state index in [2.05, 4.69) is 10.6 Å². The number of nitrogens with one attached hydrogen (secondary N) is 2. The fraction of sp³-hybridized carbons (Fsp3) is 0.429. The number of hydrogen-bond acceptors (Lipinski definition) is 2. The van der Waals surface area contributed by atoms with Crippen LogP contribution in [0.15, 0.2) is 30.3 Å². The summed E-state index contributed by atoms with van der Waals surface area (Å²) in [5.41, 5.74) is 1.15. The highest BCUT2D eigenvalue weighted by Gasteiger charge is 2.02. The molecule has 0 aromatic heterocycles. The van der Waals surface area contributed by atoms with Gasteiger partial charge in [-0.2, -0.15) is 0 Å². The first-order chi connectivity index (χ1) is 9.22. The number of halogens is 1. The number of amides is 2. The van der Waals surface area contributed by atoms with E-state index in [0.29, 0.717) is 31.8 Å². The number of aryl methyl sites for hydroxylation is 1. The number of benzene rings is 1. The molecule has 0 bridgehead atoms. The van der Waals surface area contributed by atoms with E-state index in [-0.39, 0.29) is 11.8 Å². The maximum atomic E-state index is 11.5. The first-order valence-corrected chi connectivity index (χ1v) is 6.89. The average Bonchev–Trinajstić information content (AvgIpc) is 2.43. The summed E-state index contributed by atoms with van der Waals surface area (Å²) in [7, 11) is 0. The molecule has 0 fully saturated rings. The SMILES string of the molecule is O=C(CCCl)NCCNC(=O)CCc1ccccc1. The van der Waals surface area contributed by atoms with Gasteiger partial charge in [0.1, 0.15) is 0 Å². The molecule has 1 rings (SSSR count). The van der Waals surface area contributed by atoms with Gasteiger partial charge in [-0.15, -0.1) is 11.6 Å². The van der Waals surface area contributed by atoms with Gasteiger partial charge >= 0.3 is 0 Å². The van der Waals surface area contributed by atoms with Gasteiger partial charge in [-0.25, -0.2) is 0 Å². The maximum absolute atomic E-state index is 11.5. The van der Waals surface area contributed by atoms with E-state index in [1.54, 1.807) is 0 Å². The normalized spacial score (nSPS) is 9.95. The minimum atomic E-state index is -0.0893. The molecular weight excluding hydrogens is 264 g/mol. The third kappa shape index (κ3) is 7.47. The topological polar surface area (TPSA) is 58.2 Å². The van der Waals surface area contributed by atoms with Crippen molar-refractivity contribution in [3.63, 3.8) is 0 Å². The van der Waals surface area contributed by atoms with Crippen LogP contribution in [-0.4, -0.2) is 30.8 Å². The van der Waals surface area contributed by atoms with Gasteiger partial charge in [0.2, 0.25) is 11.8 Å². The van der Waals surface area contributed by atoms with Crippen molar-refractivity contribution in [2.75, 3.05) is 19.0 Å². The molecule has 0 unspecified atom stereocenters. The Morgan fingerprint density at radius 1 is 0.947 bits per heavy atom. The molecule has 0 aliphatic rings. The van der Waals surface area contributed by atoms with Crippen molar-refractivity contribution >= 4 is 23.4 Å². The molecule has 0 aliphatic carbocycles. The molecule has 0 heterocycles. The van der Waals surface area contributed by atoms with Crippen LogP contribution in [0.2, 0.25) is 0 Å². The van der Waals surface area contributed by atoms with Gasteiger partial charge in [-0.3, -0.25) is 9.59 Å². The van der Waals surface area contributed by atoms with Crippen LogP contribution in [0.1, 0.15) is 18.4 Å². The molecule has 0 saturated heterocycles. The molecule has 4 nitrogen and oxygen atoms in total. The highest BCUT2D eigenvalue weighted by molar-refractivity contribution is 6.18. The molecule has 1 aromatic rings. The van der Waals surface area contributed by atoms with Crippen LogP contribution >= 0.6 is 11.6 Å². The van der Waals surface area contributed by atoms with Gasteiger partial charge < -0.3 is 10.6 Å². The van der Waals surface area contributed by atoms with Gasteiger partial charge in [0.05, 0.1) is 0 Å². The van der Waals surface area contributed by atoms with Crippen LogP contribution in [0.25, 0.3) is 0 Å². The van der Waals surface area contributed by atoms with E-state index in [9.17, 15) is 9.59 Å². The molecule has 0 spiro atoms. The molecule has 5 heteroatoms. The summed E-state index contributed by atoms with van der Waals surface area (Å²) in [5.74, 6) is 0.221. The van der Waals surface area contributed by atoms with Crippen LogP contribution in [0.3, 0.4) is 0 Å². The third-order valence-corrected chi connectivity index (χ3v) is 2.76. The monoisotopic (exact) mass is 282 g/mol. The minimum absolute atomic E-state index is 0.00422. The van der Waals surface area contributed by atoms with Crippen molar-refractivity contribution in [1.29, 1.82) is 0 Å². The Labute approximate surface area is 118 Å². The van der Waals surface area contributed by atoms with Crippen LogP contribution in [0.5, 0.6) is 0 Å². The summed E-state index contributed by atoms with van der Waals surface area (Å²) < 4.78 is 0. The van der Waals surface area contributed by atoms with E-state index in [1.807, 2.05) is 30.3 Å². The van der Waals surface area contributed by atoms with E-state index in [1.165, 1.54) is 0 Å². The lowest BCUT2D eigenvalue weighted by Gasteiger charge is -2.06. The van der Waals surface area contributed by atoms with Gasteiger partial charge in [-0.1, -0.05) is 30.3 Å². The number of carbonyl (C=O) groups is 2. The second kappa shape index (κ2) is 9.39. The Morgan fingerprint density at radius 2 is 1.53 bits per heavy atom. The minimum Gasteiger partial charge on any atom is -0.354 e. The maximum Gasteiger partial charge on any atom is 0.221 e. The first-order valence-electron chi connectivity index (χ1n) is 6.35. The van der Waals surface area contributed by atoms with Crippen LogP contribution in [0.4, 0.5) is 0 Å². The summed E-state index contributed by atoms with van der Waals surface area (Å²) in [6.45, 7) is 0.883. The van der Waals surface area contributed by atoms with Crippen LogP contribution in [0, 0.1) is 0 Å². The fourth-order valence-corrected chi connectivity index (χ4v) is 1.74. The standard InChI is InChI=1S/C14H19ClN2O2/c15-9-8-14(19)17-11-10-16-13(18)7-6-12-4-2-1-3-5-12/h1-5H,6-11H2,(H,16,18)(H,17,19). The van der Waals surface area contributed by atoms with E-state index in [0.717, 1.165) is 12.0 Å². The predicted octanol–water partition coefficient (Wildman–Crippen LogP) is 1.48. The molecule has 2 N–H and O–H groups in total. The second-order valence-electron chi connectivity index (χ2n) is 4.12. The van der Waals surface area contributed by atoms with Crippen molar-refractivity contribution < 1.29 is 9.59 Å². The number of carbonyl (C=O) groups excluding carboxylic acids is 2. The largest absolute Gasteiger partial charge is 0.354 e. The molecule has 0 saturated carbocycles. The van der Waals surface area contributed by atoms with Crippen molar-refractivity contribution in [2.45, 2.75) is 19.3 Å². The Hall–Kier alpha value is -1.55. The van der Waals surface area contributed by atoms with Crippen LogP contribution < -0.4 is 10.6 Å². The van der Waals surface area contributed by atoms with Gasteiger partial charge in [0.25, 0.3) is 0 Å². The zero-order valence-corrected chi connectivity index (χ0v) is 11.6. The van der Waals surface area contributed by atoms with Gasteiger partial charge in [-0.05, 0) is 12.0 Å². The predicted molar refractivity (Wildman–Crippen MR) is 76.1 cm³/mol. The van der Waals surface area contributed by atoms with Crippen molar-refractivity contribution in [3.8, 4) is 0 Å². The summed E-state index contributed by atoms with van der Waals surface area (Å²) in [5, 5.41) is 5.44. The molecule has 0 atom stereocenters. The molecular formula is C14H19ClN2O2. The summed E-state index contributed by atoms with van der Waals surface area (Å²) >= 11 is 5.43. The van der Waals surface area contributed by atoms with Crippen molar-refractivity contribution in [3.05, 3.63) is 35.9 Å². The van der Waals surface area contributed by atoms with Gasteiger partial charge in [0, 0.05) is 31.8 Å². The zero-order valence-electron chi connectivity index (χ0n) is 10.8. The fourth-order valence-electron chi connectivity index (χ4n) is 1.57. The zero-order chi connectivity index (χ0) is 13.9. The molecule has 1 aromatic carbocycles. The van der Waals surface area contributed by atoms with Crippen molar-refractivity contribution in [2.24, 2.45) is 0 Å². The Kier molecular flexibility index (Phi) is 7.66. The number of rotatable bonds is 8. The van der Waals surface area contributed by atoms with E-state index < -0.39 is 0 Å². The lowest BCUT2D eigenvalue weighted by molar-refractivity contribution is -0.122. The molecule has 19 heavy (non-hydrogen) atoms. The van der Waals surface area contributed by atoms with Crippen LogP contribution in [-0.2, 0) is 16.0 Å². The first kappa shape index (κ1) is 15.5. The van der Waals surface area contributed by atoms with Gasteiger partial charge in [0.15, 0.2) is 0 Å². The van der Waals surface area contributed by atoms with Crippen molar-refractivity contribution in [1.82, 2.24) is 10.6 Å². The summed E-state index contributed by atoms with van der Waals surface area (Å²) in [6, 6.07) is 9.87. The highest BCUT2D eigenvalue weighted by Crippen LogP contribution is 2.01. The van der Waals surface area contributed by atoms with E-state index >= 15 is 0 Å². The summed E-state index contributed by atoms with van der Waals surface area (Å²) in [4.78, 5) is 22.6. The molecule has 2 amide bonds. The summed E-state index contributed by atoms with van der Waals surface area (Å²) in [6.07, 6.45) is 1.49. The molecule has 0 aliphatic heterocycles. The highest BCUT2D eigenvalue weighted by atomic mass is 35.5. The van der Waals surface area contributed by atoms with E-state index in [4.69, 9.17) is 11.6 Å². The Balaban J connectivity index is 2.07. The molecule has 0 radical (unpaired) electrons. The molecule has 104 valence electrons. The average molecular weight is 283 g/mol. The number of hydrogen-bond donors (Lipinski definition) is 2. The number of alkyl halides is 1.